The number of nitrogens with zero attached hydrogens (tertiary/aromatic N) is 1. The van der Waals surface area contributed by atoms with E-state index in [9.17, 15) is 4.79 Å². The van der Waals surface area contributed by atoms with Crippen LogP contribution in [0.3, 0.4) is 0 Å². The highest BCUT2D eigenvalue weighted by Crippen LogP contribution is 2.17. The van der Waals surface area contributed by atoms with Crippen molar-refractivity contribution < 1.29 is 9.53 Å². The van der Waals surface area contributed by atoms with E-state index in [1.807, 2.05) is 0 Å². The van der Waals surface area contributed by atoms with Gasteiger partial charge in [-0.15, -0.1) is 0 Å². The molecule has 1 saturated heterocycles. The Morgan fingerprint density at radius 2 is 2.40 bits per heavy atom. The second kappa shape index (κ2) is 6.80. The molecule has 88 valence electrons. The smallest absolute Gasteiger partial charge is 0.319 e. The van der Waals surface area contributed by atoms with Gasteiger partial charge >= 0.3 is 5.97 Å². The van der Waals surface area contributed by atoms with Crippen LogP contribution in [0.1, 0.15) is 19.3 Å². The van der Waals surface area contributed by atoms with Crippen LogP contribution < -0.4 is 5.32 Å². The van der Waals surface area contributed by atoms with Crippen LogP contribution in [0, 0.1) is 5.92 Å². The highest BCUT2D eigenvalue weighted by atomic mass is 16.5. The Morgan fingerprint density at radius 1 is 1.60 bits per heavy atom. The maximum Gasteiger partial charge on any atom is 0.319 e. The van der Waals surface area contributed by atoms with Crippen molar-refractivity contribution in [3.63, 3.8) is 0 Å². The third kappa shape index (κ3) is 5.14. The number of hydrogen-bond acceptors (Lipinski definition) is 4. The quantitative estimate of drug-likeness (QED) is 0.534. The van der Waals surface area contributed by atoms with E-state index in [0.29, 0.717) is 6.54 Å². The van der Waals surface area contributed by atoms with Crippen LogP contribution in [0.4, 0.5) is 0 Å². The van der Waals surface area contributed by atoms with Crippen molar-refractivity contribution >= 4 is 5.97 Å². The molecule has 1 unspecified atom stereocenters. The van der Waals surface area contributed by atoms with Crippen molar-refractivity contribution in [1.29, 1.82) is 0 Å². The lowest BCUT2D eigenvalue weighted by molar-refractivity contribution is -0.139. The maximum absolute atomic E-state index is 10.8. The van der Waals surface area contributed by atoms with Gasteiger partial charge in [0.25, 0.3) is 0 Å². The number of hydrogen-bond donors (Lipinski definition) is 1. The van der Waals surface area contributed by atoms with Crippen molar-refractivity contribution in [1.82, 2.24) is 10.2 Å². The summed E-state index contributed by atoms with van der Waals surface area (Å²) in [5, 5.41) is 3.11. The van der Waals surface area contributed by atoms with E-state index in [1.54, 1.807) is 0 Å². The first-order valence-electron chi connectivity index (χ1n) is 5.68. The number of likely N-dealkylation sites (tertiary alicyclic amines) is 1. The minimum Gasteiger partial charge on any atom is -0.468 e. The molecule has 1 heterocycles. The van der Waals surface area contributed by atoms with Gasteiger partial charge in [0.2, 0.25) is 0 Å². The van der Waals surface area contributed by atoms with Crippen LogP contribution in [0.2, 0.25) is 0 Å². The van der Waals surface area contributed by atoms with Crippen molar-refractivity contribution in [2.45, 2.75) is 19.3 Å². The van der Waals surface area contributed by atoms with Gasteiger partial charge in [-0.3, -0.25) is 4.79 Å². The normalized spacial score (nSPS) is 22.7. The first kappa shape index (κ1) is 12.5. The van der Waals surface area contributed by atoms with Gasteiger partial charge < -0.3 is 15.0 Å². The molecule has 1 atom stereocenters. The van der Waals surface area contributed by atoms with Gasteiger partial charge in [0.1, 0.15) is 0 Å². The van der Waals surface area contributed by atoms with Crippen molar-refractivity contribution in [3.05, 3.63) is 0 Å². The standard InChI is InChI=1S/C11H22N2O2/c1-13-7-3-4-10(9-13)5-6-12-8-11(14)15-2/h10,12H,3-9H2,1-2H3. The number of carbonyl (C=O) groups is 1. The van der Waals surface area contributed by atoms with Crippen LogP contribution in [0.25, 0.3) is 0 Å². The predicted octanol–water partition coefficient (Wildman–Crippen LogP) is 0.481. The molecule has 0 bridgehead atoms. The molecule has 0 aromatic carbocycles. The van der Waals surface area contributed by atoms with Crippen LogP contribution in [0.15, 0.2) is 0 Å². The molecular weight excluding hydrogens is 192 g/mol. The van der Waals surface area contributed by atoms with Crippen molar-refractivity contribution in [3.8, 4) is 0 Å². The van der Waals surface area contributed by atoms with Crippen LogP contribution in [0.5, 0.6) is 0 Å². The van der Waals surface area contributed by atoms with Crippen LogP contribution in [-0.2, 0) is 9.53 Å². The molecule has 0 aliphatic carbocycles. The number of rotatable bonds is 5. The average Bonchev–Trinajstić information content (AvgIpc) is 2.24. The topological polar surface area (TPSA) is 41.6 Å². The molecule has 1 N–H and O–H groups in total. The third-order valence-electron chi connectivity index (χ3n) is 2.95. The lowest BCUT2D eigenvalue weighted by atomic mass is 9.95. The summed E-state index contributed by atoms with van der Waals surface area (Å²) in [6.45, 7) is 3.67. The molecule has 4 heteroatoms. The van der Waals surface area contributed by atoms with Gasteiger partial charge in [-0.05, 0) is 45.3 Å². The first-order chi connectivity index (χ1) is 7.22. The van der Waals surface area contributed by atoms with E-state index in [-0.39, 0.29) is 5.97 Å². The van der Waals surface area contributed by atoms with E-state index < -0.39 is 0 Å². The molecule has 15 heavy (non-hydrogen) atoms. The molecule has 1 aliphatic heterocycles. The number of ether oxygens (including phenoxy) is 1. The Kier molecular flexibility index (Phi) is 5.65. The monoisotopic (exact) mass is 214 g/mol. The van der Waals surface area contributed by atoms with Crippen molar-refractivity contribution in [2.24, 2.45) is 5.92 Å². The first-order valence-corrected chi connectivity index (χ1v) is 5.68. The van der Waals surface area contributed by atoms with Gasteiger partial charge in [0.15, 0.2) is 0 Å². The molecule has 1 rings (SSSR count). The summed E-state index contributed by atoms with van der Waals surface area (Å²) < 4.78 is 4.55. The Labute approximate surface area is 92.0 Å². The van der Waals surface area contributed by atoms with E-state index in [2.05, 4.69) is 22.0 Å². The largest absolute Gasteiger partial charge is 0.468 e. The van der Waals surface area contributed by atoms with E-state index >= 15 is 0 Å². The fourth-order valence-corrected chi connectivity index (χ4v) is 2.08. The SMILES string of the molecule is COC(=O)CNCCC1CCCN(C)C1. The van der Waals surface area contributed by atoms with Crippen molar-refractivity contribution in [2.75, 3.05) is 40.3 Å². The number of carbonyl (C=O) groups excluding carboxylic acids is 1. The fourth-order valence-electron chi connectivity index (χ4n) is 2.08. The second-order valence-electron chi connectivity index (χ2n) is 4.31. The van der Waals surface area contributed by atoms with Crippen LogP contribution in [-0.4, -0.2) is 51.2 Å². The summed E-state index contributed by atoms with van der Waals surface area (Å²) in [5.41, 5.74) is 0. The zero-order chi connectivity index (χ0) is 11.1. The Hall–Kier alpha value is -0.610. The fraction of sp³-hybridized carbons (Fsp3) is 0.909. The molecule has 0 saturated carbocycles. The van der Waals surface area contributed by atoms with Crippen LogP contribution >= 0.6 is 0 Å². The summed E-state index contributed by atoms with van der Waals surface area (Å²) >= 11 is 0. The molecule has 0 aromatic rings. The molecule has 4 nitrogen and oxygen atoms in total. The number of nitrogens with one attached hydrogen (secondary N) is 1. The molecular formula is C11H22N2O2. The van der Waals surface area contributed by atoms with Gasteiger partial charge in [-0.25, -0.2) is 0 Å². The minimum absolute atomic E-state index is 0.184. The number of esters is 1. The van der Waals surface area contributed by atoms with E-state index in [0.717, 1.165) is 18.9 Å². The molecule has 0 amide bonds. The second-order valence-corrected chi connectivity index (χ2v) is 4.31. The highest BCUT2D eigenvalue weighted by Gasteiger charge is 2.16. The van der Waals surface area contributed by atoms with Gasteiger partial charge in [0, 0.05) is 6.54 Å². The Bertz CT molecular complexity index is 197. The molecule has 1 aliphatic rings. The minimum atomic E-state index is -0.184. The zero-order valence-corrected chi connectivity index (χ0v) is 9.79. The van der Waals surface area contributed by atoms with E-state index in [1.165, 1.54) is 33.0 Å². The molecule has 1 fully saturated rings. The summed E-state index contributed by atoms with van der Waals surface area (Å²) in [6, 6.07) is 0. The maximum atomic E-state index is 10.8. The zero-order valence-electron chi connectivity index (χ0n) is 9.79. The summed E-state index contributed by atoms with van der Waals surface area (Å²) in [7, 11) is 3.59. The lowest BCUT2D eigenvalue weighted by Crippen LogP contribution is -2.34. The molecule has 0 aromatic heterocycles. The summed E-state index contributed by atoms with van der Waals surface area (Å²) in [5.74, 6) is 0.602. The van der Waals surface area contributed by atoms with E-state index in [4.69, 9.17) is 0 Å². The summed E-state index contributed by atoms with van der Waals surface area (Å²) in [4.78, 5) is 13.2. The Morgan fingerprint density at radius 3 is 3.07 bits per heavy atom. The third-order valence-corrected chi connectivity index (χ3v) is 2.95. The van der Waals surface area contributed by atoms with Gasteiger partial charge in [0.05, 0.1) is 13.7 Å². The van der Waals surface area contributed by atoms with Gasteiger partial charge in [-0.2, -0.15) is 0 Å². The average molecular weight is 214 g/mol. The lowest BCUT2D eigenvalue weighted by Gasteiger charge is -2.29. The predicted molar refractivity (Wildman–Crippen MR) is 59.7 cm³/mol. The number of piperidine rings is 1. The summed E-state index contributed by atoms with van der Waals surface area (Å²) in [6.07, 6.45) is 3.78. The highest BCUT2D eigenvalue weighted by molar-refractivity contribution is 5.71. The number of methoxy groups -OCH3 is 1. The van der Waals surface area contributed by atoms with Gasteiger partial charge in [-0.1, -0.05) is 0 Å². The molecule has 0 spiro atoms. The Balaban J connectivity index is 2.02. The molecule has 0 radical (unpaired) electrons.